The summed E-state index contributed by atoms with van der Waals surface area (Å²) < 4.78 is 0. The molecule has 0 bridgehead atoms. The minimum Gasteiger partial charge on any atom is -0.0958 e. The van der Waals surface area contributed by atoms with Crippen LogP contribution in [0.1, 0.15) is 58.3 Å². The third-order valence-electron chi connectivity index (χ3n) is 2.77. The van der Waals surface area contributed by atoms with Crippen LogP contribution in [0.3, 0.4) is 0 Å². The highest BCUT2D eigenvalue weighted by Gasteiger charge is 1.98. The molecule has 0 N–H and O–H groups in total. The molecule has 0 atom stereocenters. The highest BCUT2D eigenvalue weighted by atomic mass is 14.0. The van der Waals surface area contributed by atoms with Gasteiger partial charge in [-0.3, -0.25) is 0 Å². The fourth-order valence-electron chi connectivity index (χ4n) is 1.96. The highest BCUT2D eigenvalue weighted by molar-refractivity contribution is 5.19. The second kappa shape index (κ2) is 6.01. The topological polar surface area (TPSA) is 0 Å². The minimum absolute atomic E-state index is 1.21. The summed E-state index contributed by atoms with van der Waals surface area (Å²) in [4.78, 5) is 0. The molecule has 0 aliphatic heterocycles. The molecular formula is C13H22. The van der Waals surface area contributed by atoms with Crippen LogP contribution in [0.2, 0.25) is 0 Å². The standard InChI is InChI=1S/C13H22/c1-12-9-7-5-3-4-6-8-10-13(2)11-12/h11H,1,3-10H2,2H3/b13-11-. The van der Waals surface area contributed by atoms with Gasteiger partial charge in [-0.05, 0) is 32.6 Å². The second-order valence-electron chi connectivity index (χ2n) is 4.27. The molecule has 1 rings (SSSR count). The van der Waals surface area contributed by atoms with Gasteiger partial charge in [-0.2, -0.15) is 0 Å². The van der Waals surface area contributed by atoms with E-state index < -0.39 is 0 Å². The van der Waals surface area contributed by atoms with Crippen molar-refractivity contribution in [3.63, 3.8) is 0 Å². The molecule has 1 aliphatic rings. The van der Waals surface area contributed by atoms with Crippen molar-refractivity contribution in [3.8, 4) is 0 Å². The van der Waals surface area contributed by atoms with Gasteiger partial charge >= 0.3 is 0 Å². The van der Waals surface area contributed by atoms with Gasteiger partial charge in [0, 0.05) is 0 Å². The van der Waals surface area contributed by atoms with Crippen LogP contribution in [0, 0.1) is 0 Å². The summed E-state index contributed by atoms with van der Waals surface area (Å²) in [6.45, 7) is 6.33. The second-order valence-corrected chi connectivity index (χ2v) is 4.27. The van der Waals surface area contributed by atoms with Crippen LogP contribution < -0.4 is 0 Å². The zero-order valence-corrected chi connectivity index (χ0v) is 8.94. The first-order chi connectivity index (χ1) is 6.29. The summed E-state index contributed by atoms with van der Waals surface area (Å²) in [6, 6.07) is 0. The van der Waals surface area contributed by atoms with Crippen molar-refractivity contribution in [2.24, 2.45) is 0 Å². The number of hydrogen-bond donors (Lipinski definition) is 0. The Kier molecular flexibility index (Phi) is 4.88. The molecule has 0 radical (unpaired) electrons. The maximum absolute atomic E-state index is 4.09. The van der Waals surface area contributed by atoms with Crippen LogP contribution in [-0.2, 0) is 0 Å². The van der Waals surface area contributed by atoms with Gasteiger partial charge in [0.1, 0.15) is 0 Å². The quantitative estimate of drug-likeness (QED) is 0.507. The lowest BCUT2D eigenvalue weighted by Crippen LogP contribution is -1.81. The first-order valence-electron chi connectivity index (χ1n) is 5.64. The maximum Gasteiger partial charge on any atom is -0.0285 e. The molecular weight excluding hydrogens is 156 g/mol. The molecule has 0 aromatic heterocycles. The molecule has 0 amide bonds. The van der Waals surface area contributed by atoms with E-state index in [2.05, 4.69) is 19.6 Å². The Bertz CT molecular complexity index is 186. The first-order valence-corrected chi connectivity index (χ1v) is 5.64. The Morgan fingerprint density at radius 3 is 2.15 bits per heavy atom. The molecule has 0 spiro atoms. The van der Waals surface area contributed by atoms with Gasteiger partial charge < -0.3 is 0 Å². The number of hydrogen-bond acceptors (Lipinski definition) is 0. The summed E-state index contributed by atoms with van der Waals surface area (Å²) in [6.07, 6.45) is 13.1. The van der Waals surface area contributed by atoms with Crippen LogP contribution in [0.25, 0.3) is 0 Å². The zero-order chi connectivity index (χ0) is 9.52. The van der Waals surface area contributed by atoms with Gasteiger partial charge in [0.15, 0.2) is 0 Å². The Labute approximate surface area is 82.7 Å². The number of rotatable bonds is 0. The summed E-state index contributed by atoms with van der Waals surface area (Å²) in [7, 11) is 0. The van der Waals surface area contributed by atoms with E-state index in [9.17, 15) is 0 Å². The summed E-state index contributed by atoms with van der Waals surface area (Å²) >= 11 is 0. The molecule has 13 heavy (non-hydrogen) atoms. The predicted octanol–water partition coefficient (Wildman–Crippen LogP) is 4.62. The van der Waals surface area contributed by atoms with Crippen LogP contribution in [0.5, 0.6) is 0 Å². The van der Waals surface area contributed by atoms with Crippen molar-refractivity contribution < 1.29 is 0 Å². The van der Waals surface area contributed by atoms with E-state index in [1.807, 2.05) is 0 Å². The van der Waals surface area contributed by atoms with Crippen molar-refractivity contribution in [1.82, 2.24) is 0 Å². The van der Waals surface area contributed by atoms with Gasteiger partial charge in [-0.1, -0.05) is 49.5 Å². The van der Waals surface area contributed by atoms with Crippen molar-refractivity contribution in [2.75, 3.05) is 0 Å². The molecule has 0 unspecified atom stereocenters. The summed E-state index contributed by atoms with van der Waals surface area (Å²) in [5.74, 6) is 0. The average Bonchev–Trinajstić information content (AvgIpc) is 2.11. The van der Waals surface area contributed by atoms with E-state index in [4.69, 9.17) is 0 Å². The molecule has 0 saturated heterocycles. The summed E-state index contributed by atoms with van der Waals surface area (Å²) in [5, 5.41) is 0. The van der Waals surface area contributed by atoms with Gasteiger partial charge in [0.25, 0.3) is 0 Å². The third-order valence-corrected chi connectivity index (χ3v) is 2.77. The van der Waals surface area contributed by atoms with Crippen molar-refractivity contribution in [1.29, 1.82) is 0 Å². The Balaban J connectivity index is 2.43. The molecule has 0 saturated carbocycles. The van der Waals surface area contributed by atoms with Crippen LogP contribution in [0.15, 0.2) is 23.8 Å². The lowest BCUT2D eigenvalue weighted by molar-refractivity contribution is 0.598. The molecule has 1 aliphatic carbocycles. The van der Waals surface area contributed by atoms with Crippen molar-refractivity contribution in [2.45, 2.75) is 58.3 Å². The van der Waals surface area contributed by atoms with E-state index >= 15 is 0 Å². The molecule has 0 fully saturated rings. The Morgan fingerprint density at radius 2 is 1.46 bits per heavy atom. The molecule has 0 nitrogen and oxygen atoms in total. The average molecular weight is 178 g/mol. The number of allylic oxidation sites excluding steroid dienone is 3. The van der Waals surface area contributed by atoms with Gasteiger partial charge in [-0.15, -0.1) is 0 Å². The maximum atomic E-state index is 4.09. The van der Waals surface area contributed by atoms with Crippen LogP contribution >= 0.6 is 0 Å². The van der Waals surface area contributed by atoms with E-state index in [1.165, 1.54) is 62.5 Å². The largest absolute Gasteiger partial charge is 0.0958 e. The highest BCUT2D eigenvalue weighted by Crippen LogP contribution is 2.18. The van der Waals surface area contributed by atoms with E-state index in [-0.39, 0.29) is 0 Å². The molecule has 0 aromatic carbocycles. The Hall–Kier alpha value is -0.520. The van der Waals surface area contributed by atoms with Gasteiger partial charge in [0.05, 0.1) is 0 Å². The monoisotopic (exact) mass is 178 g/mol. The van der Waals surface area contributed by atoms with E-state index in [0.717, 1.165) is 0 Å². The zero-order valence-electron chi connectivity index (χ0n) is 8.94. The van der Waals surface area contributed by atoms with Gasteiger partial charge in [-0.25, -0.2) is 0 Å². The van der Waals surface area contributed by atoms with Gasteiger partial charge in [0.2, 0.25) is 0 Å². The fourth-order valence-corrected chi connectivity index (χ4v) is 1.96. The lowest BCUT2D eigenvalue weighted by atomic mass is 10.1. The van der Waals surface area contributed by atoms with E-state index in [1.54, 1.807) is 0 Å². The lowest BCUT2D eigenvalue weighted by Gasteiger charge is -2.01. The normalized spacial score (nSPS) is 25.9. The third kappa shape index (κ3) is 4.92. The van der Waals surface area contributed by atoms with E-state index in [0.29, 0.717) is 0 Å². The molecule has 74 valence electrons. The van der Waals surface area contributed by atoms with Crippen LogP contribution in [0.4, 0.5) is 0 Å². The molecule has 0 heterocycles. The predicted molar refractivity (Wildman–Crippen MR) is 59.8 cm³/mol. The van der Waals surface area contributed by atoms with Crippen molar-refractivity contribution in [3.05, 3.63) is 23.8 Å². The Morgan fingerprint density at radius 1 is 0.923 bits per heavy atom. The summed E-state index contributed by atoms with van der Waals surface area (Å²) in [5.41, 5.74) is 2.85. The van der Waals surface area contributed by atoms with Crippen molar-refractivity contribution >= 4 is 0 Å². The SMILES string of the molecule is C=C1/C=C(/C)CCCCCCCC1. The smallest absolute Gasteiger partial charge is 0.0285 e. The van der Waals surface area contributed by atoms with Crippen LogP contribution in [-0.4, -0.2) is 0 Å². The fraction of sp³-hybridized carbons (Fsp3) is 0.692. The first kappa shape index (κ1) is 10.6. The molecule has 0 heteroatoms. The minimum atomic E-state index is 1.21. The molecule has 0 aromatic rings.